The van der Waals surface area contributed by atoms with E-state index in [4.69, 9.17) is 0 Å². The molecule has 0 radical (unpaired) electrons. The highest BCUT2D eigenvalue weighted by Gasteiger charge is 2.14. The summed E-state index contributed by atoms with van der Waals surface area (Å²) in [6, 6.07) is 14.0. The van der Waals surface area contributed by atoms with Crippen LogP contribution in [0.1, 0.15) is 61.3 Å². The highest BCUT2D eigenvalue weighted by Crippen LogP contribution is 2.13. The molecule has 32 heavy (non-hydrogen) atoms. The summed E-state index contributed by atoms with van der Waals surface area (Å²) < 4.78 is 0. The zero-order valence-corrected chi connectivity index (χ0v) is 19.4. The predicted octanol–water partition coefficient (Wildman–Crippen LogP) is 4.14. The second kappa shape index (κ2) is 12.5. The Morgan fingerprint density at radius 1 is 0.812 bits per heavy atom. The molecule has 172 valence electrons. The average Bonchev–Trinajstić information content (AvgIpc) is 2.77. The minimum atomic E-state index is -0.207. The van der Waals surface area contributed by atoms with E-state index in [0.717, 1.165) is 31.6 Å². The van der Waals surface area contributed by atoms with Crippen molar-refractivity contribution in [1.82, 2.24) is 10.2 Å². The molecule has 0 aliphatic heterocycles. The quantitative estimate of drug-likeness (QED) is 0.492. The zero-order chi connectivity index (χ0) is 23.5. The monoisotopic (exact) mass is 438 g/mol. The first-order chi connectivity index (χ1) is 15.3. The number of hydrogen-bond donors (Lipinski definition) is 3. The molecule has 7 heteroatoms. The average molecular weight is 439 g/mol. The second-order valence-corrected chi connectivity index (χ2v) is 7.98. The van der Waals surface area contributed by atoms with Gasteiger partial charge in [-0.1, -0.05) is 13.8 Å². The van der Waals surface area contributed by atoms with E-state index >= 15 is 0 Å². The first kappa shape index (κ1) is 24.9. The van der Waals surface area contributed by atoms with Gasteiger partial charge < -0.3 is 20.9 Å². The van der Waals surface area contributed by atoms with Crippen molar-refractivity contribution < 1.29 is 14.4 Å². The fourth-order valence-corrected chi connectivity index (χ4v) is 3.21. The number of nitrogens with one attached hydrogen (secondary N) is 3. The van der Waals surface area contributed by atoms with Crippen LogP contribution in [-0.2, 0) is 4.79 Å². The number of rotatable bonds is 11. The van der Waals surface area contributed by atoms with Gasteiger partial charge in [-0.2, -0.15) is 0 Å². The van der Waals surface area contributed by atoms with Gasteiger partial charge in [-0.15, -0.1) is 0 Å². The Bertz CT molecular complexity index is 886. The molecule has 0 spiro atoms. The van der Waals surface area contributed by atoms with Gasteiger partial charge in [0.05, 0.1) is 6.54 Å². The molecule has 0 unspecified atom stereocenters. The number of amides is 3. The fraction of sp³-hybridized carbons (Fsp3) is 0.400. The number of hydrogen-bond acceptors (Lipinski definition) is 4. The summed E-state index contributed by atoms with van der Waals surface area (Å²) >= 11 is 0. The van der Waals surface area contributed by atoms with Crippen LogP contribution in [0.25, 0.3) is 0 Å². The summed E-state index contributed by atoms with van der Waals surface area (Å²) in [6.07, 6.45) is 1.85. The van der Waals surface area contributed by atoms with E-state index in [-0.39, 0.29) is 30.3 Å². The van der Waals surface area contributed by atoms with Gasteiger partial charge >= 0.3 is 0 Å². The van der Waals surface area contributed by atoms with Crippen LogP contribution in [0.4, 0.5) is 11.4 Å². The van der Waals surface area contributed by atoms with Crippen LogP contribution < -0.4 is 16.0 Å². The lowest BCUT2D eigenvalue weighted by atomic mass is 10.1. The van der Waals surface area contributed by atoms with Crippen LogP contribution in [0.5, 0.6) is 0 Å². The van der Waals surface area contributed by atoms with Gasteiger partial charge in [-0.3, -0.25) is 14.4 Å². The Hall–Kier alpha value is -3.35. The summed E-state index contributed by atoms with van der Waals surface area (Å²) in [4.78, 5) is 38.7. The highest BCUT2D eigenvalue weighted by atomic mass is 16.2. The Labute approximate surface area is 190 Å². The minimum Gasteiger partial charge on any atom is -0.376 e. The molecule has 0 bridgehead atoms. The number of anilines is 2. The van der Waals surface area contributed by atoms with Crippen LogP contribution >= 0.6 is 0 Å². The van der Waals surface area contributed by atoms with Crippen LogP contribution in [0.2, 0.25) is 0 Å². The third-order valence-electron chi connectivity index (χ3n) is 4.71. The van der Waals surface area contributed by atoms with Crippen molar-refractivity contribution in [2.75, 3.05) is 30.3 Å². The van der Waals surface area contributed by atoms with E-state index in [9.17, 15) is 14.4 Å². The molecule has 2 rings (SSSR count). The third kappa shape index (κ3) is 7.72. The molecule has 0 atom stereocenters. The standard InChI is InChI=1S/C25H34N4O3/c1-5-15-29(16-6-2)25(32)20-9-11-21(12-10-20)26-17-23(30)28-22-13-7-19(8-14-22)24(31)27-18(3)4/h7-14,18,26H,5-6,15-17H2,1-4H3,(H,27,31)(H,28,30). The smallest absolute Gasteiger partial charge is 0.253 e. The molecular formula is C25H34N4O3. The van der Waals surface area contributed by atoms with Crippen LogP contribution in [0.15, 0.2) is 48.5 Å². The molecule has 7 nitrogen and oxygen atoms in total. The predicted molar refractivity (Wildman–Crippen MR) is 129 cm³/mol. The van der Waals surface area contributed by atoms with Gasteiger partial charge in [0.1, 0.15) is 0 Å². The van der Waals surface area contributed by atoms with Gasteiger partial charge in [-0.05, 0) is 75.2 Å². The van der Waals surface area contributed by atoms with Gasteiger partial charge in [0, 0.05) is 41.6 Å². The SMILES string of the molecule is CCCN(CCC)C(=O)c1ccc(NCC(=O)Nc2ccc(C(=O)NC(C)C)cc2)cc1. The van der Waals surface area contributed by atoms with Crippen molar-refractivity contribution in [2.45, 2.75) is 46.6 Å². The number of carbonyl (C=O) groups is 3. The Kier molecular flexibility index (Phi) is 9.73. The Morgan fingerprint density at radius 3 is 1.88 bits per heavy atom. The van der Waals surface area contributed by atoms with Crippen LogP contribution in [-0.4, -0.2) is 48.3 Å². The lowest BCUT2D eigenvalue weighted by molar-refractivity contribution is -0.114. The first-order valence-corrected chi connectivity index (χ1v) is 11.2. The van der Waals surface area contributed by atoms with Crippen LogP contribution in [0, 0.1) is 0 Å². The van der Waals surface area contributed by atoms with Crippen molar-refractivity contribution in [3.63, 3.8) is 0 Å². The maximum absolute atomic E-state index is 12.6. The molecule has 0 heterocycles. The Balaban J connectivity index is 1.86. The summed E-state index contributed by atoms with van der Waals surface area (Å²) in [7, 11) is 0. The molecule has 3 N–H and O–H groups in total. The summed E-state index contributed by atoms with van der Waals surface area (Å²) in [5, 5.41) is 8.69. The van der Waals surface area contributed by atoms with Crippen molar-refractivity contribution in [2.24, 2.45) is 0 Å². The second-order valence-electron chi connectivity index (χ2n) is 7.98. The molecule has 0 saturated carbocycles. The number of nitrogens with zero attached hydrogens (tertiary/aromatic N) is 1. The summed E-state index contributed by atoms with van der Waals surface area (Å²) in [6.45, 7) is 9.50. The van der Waals surface area contributed by atoms with E-state index in [2.05, 4.69) is 29.8 Å². The topological polar surface area (TPSA) is 90.5 Å². The number of carbonyl (C=O) groups excluding carboxylic acids is 3. The van der Waals surface area contributed by atoms with Crippen molar-refractivity contribution in [1.29, 1.82) is 0 Å². The summed E-state index contributed by atoms with van der Waals surface area (Å²) in [5.74, 6) is -0.320. The van der Waals surface area contributed by atoms with Gasteiger partial charge in [0.15, 0.2) is 0 Å². The van der Waals surface area contributed by atoms with E-state index in [0.29, 0.717) is 16.8 Å². The number of benzene rings is 2. The highest BCUT2D eigenvalue weighted by molar-refractivity contribution is 5.97. The van der Waals surface area contributed by atoms with Crippen LogP contribution in [0.3, 0.4) is 0 Å². The normalized spacial score (nSPS) is 10.5. The molecule has 0 aliphatic carbocycles. The van der Waals surface area contributed by atoms with E-state index < -0.39 is 0 Å². The van der Waals surface area contributed by atoms with Crippen molar-refractivity contribution in [3.8, 4) is 0 Å². The molecule has 0 fully saturated rings. The molecular weight excluding hydrogens is 404 g/mol. The minimum absolute atomic E-state index is 0.0310. The van der Waals surface area contributed by atoms with Crippen molar-refractivity contribution >= 4 is 29.1 Å². The van der Waals surface area contributed by atoms with E-state index in [1.807, 2.05) is 18.7 Å². The van der Waals surface area contributed by atoms with Crippen molar-refractivity contribution in [3.05, 3.63) is 59.7 Å². The molecule has 0 saturated heterocycles. The molecule has 0 aromatic heterocycles. The Morgan fingerprint density at radius 2 is 1.34 bits per heavy atom. The lowest BCUT2D eigenvalue weighted by Crippen LogP contribution is -2.32. The molecule has 3 amide bonds. The third-order valence-corrected chi connectivity index (χ3v) is 4.71. The van der Waals surface area contributed by atoms with E-state index in [1.54, 1.807) is 48.5 Å². The molecule has 2 aromatic carbocycles. The van der Waals surface area contributed by atoms with Gasteiger partial charge in [0.2, 0.25) is 5.91 Å². The first-order valence-electron chi connectivity index (χ1n) is 11.2. The maximum atomic E-state index is 12.6. The maximum Gasteiger partial charge on any atom is 0.253 e. The molecule has 2 aromatic rings. The fourth-order valence-electron chi connectivity index (χ4n) is 3.21. The zero-order valence-electron chi connectivity index (χ0n) is 19.4. The van der Waals surface area contributed by atoms with Gasteiger partial charge in [-0.25, -0.2) is 0 Å². The summed E-state index contributed by atoms with van der Waals surface area (Å²) in [5.41, 5.74) is 2.56. The van der Waals surface area contributed by atoms with Gasteiger partial charge in [0.25, 0.3) is 11.8 Å². The lowest BCUT2D eigenvalue weighted by Gasteiger charge is -2.21. The van der Waals surface area contributed by atoms with E-state index in [1.165, 1.54) is 0 Å². The largest absolute Gasteiger partial charge is 0.376 e. The molecule has 0 aliphatic rings.